The van der Waals surface area contributed by atoms with E-state index in [1.807, 2.05) is 6.92 Å². The van der Waals surface area contributed by atoms with Gasteiger partial charge in [-0.05, 0) is 44.0 Å². The first-order valence-corrected chi connectivity index (χ1v) is 10.4. The summed E-state index contributed by atoms with van der Waals surface area (Å²) in [5.74, 6) is -0.331. The quantitative estimate of drug-likeness (QED) is 0.809. The molecule has 3 rings (SSSR count). The Morgan fingerprint density at radius 1 is 1.38 bits per heavy atom. The molecule has 1 amide bonds. The maximum Gasteiger partial charge on any atom is 0.244 e. The van der Waals surface area contributed by atoms with Crippen molar-refractivity contribution in [1.29, 1.82) is 0 Å². The lowest BCUT2D eigenvalue weighted by atomic mass is 10.2. The van der Waals surface area contributed by atoms with Crippen molar-refractivity contribution in [2.45, 2.75) is 30.7 Å². The van der Waals surface area contributed by atoms with Gasteiger partial charge in [0.05, 0.1) is 4.90 Å². The first kappa shape index (κ1) is 17.5. The number of rotatable bonds is 4. The summed E-state index contributed by atoms with van der Waals surface area (Å²) in [7, 11) is -3.70. The molecule has 0 saturated carbocycles. The van der Waals surface area contributed by atoms with Gasteiger partial charge in [0.15, 0.2) is 5.13 Å². The van der Waals surface area contributed by atoms with Gasteiger partial charge >= 0.3 is 0 Å². The van der Waals surface area contributed by atoms with Crippen LogP contribution in [0.25, 0.3) is 0 Å². The van der Waals surface area contributed by atoms with Gasteiger partial charge in [0.2, 0.25) is 15.9 Å². The number of thiazole rings is 1. The van der Waals surface area contributed by atoms with Crippen LogP contribution in [0.1, 0.15) is 17.7 Å². The zero-order chi connectivity index (χ0) is 17.3. The van der Waals surface area contributed by atoms with Crippen molar-refractivity contribution < 1.29 is 13.2 Å². The fourth-order valence-electron chi connectivity index (χ4n) is 2.63. The van der Waals surface area contributed by atoms with Crippen molar-refractivity contribution in [1.82, 2.24) is 9.29 Å². The Hall–Kier alpha value is -1.29. The molecule has 0 spiro atoms. The Bertz CT molecular complexity index is 849. The van der Waals surface area contributed by atoms with Crippen molar-refractivity contribution in [3.63, 3.8) is 0 Å². The minimum absolute atomic E-state index is 0.190. The Balaban J connectivity index is 1.81. The molecule has 0 radical (unpaired) electrons. The number of halogens is 1. The number of sulfonamides is 1. The molecule has 6 nitrogen and oxygen atoms in total. The van der Waals surface area contributed by atoms with Crippen LogP contribution in [0.2, 0.25) is 0 Å². The lowest BCUT2D eigenvalue weighted by Crippen LogP contribution is -2.43. The largest absolute Gasteiger partial charge is 0.301 e. The second-order valence-electron chi connectivity index (χ2n) is 5.49. The second kappa shape index (κ2) is 6.91. The van der Waals surface area contributed by atoms with Crippen LogP contribution in [-0.4, -0.2) is 36.2 Å². The van der Waals surface area contributed by atoms with Gasteiger partial charge in [-0.15, -0.1) is 11.3 Å². The third kappa shape index (κ3) is 3.53. The van der Waals surface area contributed by atoms with E-state index in [2.05, 4.69) is 26.2 Å². The smallest absolute Gasteiger partial charge is 0.244 e. The van der Waals surface area contributed by atoms with Crippen LogP contribution >= 0.6 is 27.3 Å². The number of hydrogen-bond donors (Lipinski definition) is 1. The van der Waals surface area contributed by atoms with Crippen LogP contribution in [0.3, 0.4) is 0 Å². The van der Waals surface area contributed by atoms with Crippen molar-refractivity contribution in [2.24, 2.45) is 0 Å². The zero-order valence-electron chi connectivity index (χ0n) is 12.9. The number of nitrogens with one attached hydrogen (secondary N) is 1. The number of amides is 1. The number of hydrogen-bond acceptors (Lipinski definition) is 5. The molecular formula is C15H16BrN3O3S2. The SMILES string of the molecule is Cc1cnc(NC(=O)C2CCCN2S(=O)(=O)c2ccc(Br)cc2)s1. The molecular weight excluding hydrogens is 414 g/mol. The Morgan fingerprint density at radius 2 is 2.08 bits per heavy atom. The van der Waals surface area contributed by atoms with Crippen LogP contribution in [0.15, 0.2) is 39.8 Å². The molecule has 24 heavy (non-hydrogen) atoms. The molecule has 1 atom stereocenters. The first-order valence-electron chi connectivity index (χ1n) is 7.38. The van der Waals surface area contributed by atoms with Crippen molar-refractivity contribution in [2.75, 3.05) is 11.9 Å². The van der Waals surface area contributed by atoms with Crippen molar-refractivity contribution in [3.05, 3.63) is 39.8 Å². The fourth-order valence-corrected chi connectivity index (χ4v) is 5.22. The summed E-state index contributed by atoms with van der Waals surface area (Å²) in [6, 6.07) is 5.73. The lowest BCUT2D eigenvalue weighted by molar-refractivity contribution is -0.119. The first-order chi connectivity index (χ1) is 11.4. The fraction of sp³-hybridized carbons (Fsp3) is 0.333. The van der Waals surface area contributed by atoms with E-state index in [1.165, 1.54) is 27.8 Å². The molecule has 9 heteroatoms. The van der Waals surface area contributed by atoms with Gasteiger partial charge in [0, 0.05) is 22.1 Å². The number of benzene rings is 1. The minimum Gasteiger partial charge on any atom is -0.301 e. The molecule has 2 heterocycles. The van der Waals surface area contributed by atoms with Crippen LogP contribution in [0.4, 0.5) is 5.13 Å². The van der Waals surface area contributed by atoms with Gasteiger partial charge in [-0.3, -0.25) is 4.79 Å². The summed E-state index contributed by atoms with van der Waals surface area (Å²) >= 11 is 4.66. The molecule has 2 aromatic rings. The average Bonchev–Trinajstić information content (AvgIpc) is 3.17. The molecule has 1 N–H and O–H groups in total. The third-order valence-corrected chi connectivity index (χ3v) is 7.06. The predicted octanol–water partition coefficient (Wildman–Crippen LogP) is 3.01. The lowest BCUT2D eigenvalue weighted by Gasteiger charge is -2.23. The van der Waals surface area contributed by atoms with Gasteiger partial charge in [0.1, 0.15) is 6.04 Å². The van der Waals surface area contributed by atoms with Gasteiger partial charge < -0.3 is 5.32 Å². The Morgan fingerprint density at radius 3 is 2.71 bits per heavy atom. The molecule has 0 aliphatic carbocycles. The number of aromatic nitrogens is 1. The summed E-state index contributed by atoms with van der Waals surface area (Å²) in [5.41, 5.74) is 0. The topological polar surface area (TPSA) is 79.4 Å². The maximum atomic E-state index is 12.8. The van der Waals surface area contributed by atoms with Crippen molar-refractivity contribution >= 4 is 48.3 Å². The zero-order valence-corrected chi connectivity index (χ0v) is 16.1. The van der Waals surface area contributed by atoms with Crippen LogP contribution in [0, 0.1) is 6.92 Å². The van der Waals surface area contributed by atoms with Gasteiger partial charge in [-0.1, -0.05) is 15.9 Å². The van der Waals surface area contributed by atoms with E-state index < -0.39 is 16.1 Å². The van der Waals surface area contributed by atoms with Crippen molar-refractivity contribution in [3.8, 4) is 0 Å². The van der Waals surface area contributed by atoms with E-state index in [4.69, 9.17) is 0 Å². The third-order valence-electron chi connectivity index (χ3n) is 3.78. The monoisotopic (exact) mass is 429 g/mol. The molecule has 1 fully saturated rings. The van der Waals surface area contributed by atoms with E-state index in [0.717, 1.165) is 9.35 Å². The second-order valence-corrected chi connectivity index (χ2v) is 9.53. The maximum absolute atomic E-state index is 12.8. The Labute approximate surface area is 153 Å². The molecule has 1 saturated heterocycles. The summed E-state index contributed by atoms with van der Waals surface area (Å²) in [5, 5.41) is 3.21. The van der Waals surface area contributed by atoms with E-state index in [9.17, 15) is 13.2 Å². The number of nitrogens with zero attached hydrogens (tertiary/aromatic N) is 2. The predicted molar refractivity (Wildman–Crippen MR) is 96.5 cm³/mol. The van der Waals surface area contributed by atoms with Crippen LogP contribution in [0.5, 0.6) is 0 Å². The Kier molecular flexibility index (Phi) is 5.05. The normalized spacial score (nSPS) is 18.7. The number of carbonyl (C=O) groups is 1. The summed E-state index contributed by atoms with van der Waals surface area (Å²) < 4.78 is 27.8. The van der Waals surface area contributed by atoms with Crippen LogP contribution in [-0.2, 0) is 14.8 Å². The molecule has 1 aliphatic rings. The molecule has 1 aromatic heterocycles. The van der Waals surface area contributed by atoms with E-state index in [1.54, 1.807) is 18.3 Å². The van der Waals surface area contributed by atoms with E-state index in [0.29, 0.717) is 24.5 Å². The number of aryl methyl sites for hydroxylation is 1. The number of anilines is 1. The minimum atomic E-state index is -3.70. The van der Waals surface area contributed by atoms with Gasteiger partial charge in [0.25, 0.3) is 0 Å². The molecule has 1 aliphatic heterocycles. The highest BCUT2D eigenvalue weighted by Gasteiger charge is 2.39. The molecule has 0 bridgehead atoms. The number of carbonyl (C=O) groups excluding carboxylic acids is 1. The molecule has 1 aromatic carbocycles. The van der Waals surface area contributed by atoms with E-state index >= 15 is 0 Å². The highest BCUT2D eigenvalue weighted by molar-refractivity contribution is 9.10. The molecule has 1 unspecified atom stereocenters. The van der Waals surface area contributed by atoms with Crippen LogP contribution < -0.4 is 5.32 Å². The summed E-state index contributed by atoms with van der Waals surface area (Å²) in [6.45, 7) is 2.24. The van der Waals surface area contributed by atoms with E-state index in [-0.39, 0.29) is 10.8 Å². The van der Waals surface area contributed by atoms with Gasteiger partial charge in [-0.25, -0.2) is 13.4 Å². The molecule has 128 valence electrons. The summed E-state index contributed by atoms with van der Waals surface area (Å²) in [6.07, 6.45) is 2.84. The highest BCUT2D eigenvalue weighted by atomic mass is 79.9. The average molecular weight is 430 g/mol. The summed E-state index contributed by atoms with van der Waals surface area (Å²) in [4.78, 5) is 17.8. The van der Waals surface area contributed by atoms with Gasteiger partial charge in [-0.2, -0.15) is 4.31 Å². The standard InChI is InChI=1S/C15H16BrN3O3S2/c1-10-9-17-15(23-10)18-14(20)13-3-2-8-19(13)24(21,22)12-6-4-11(16)5-7-12/h4-7,9,13H,2-3,8H2,1H3,(H,17,18,20). The highest BCUT2D eigenvalue weighted by Crippen LogP contribution is 2.28.